The molecule has 0 atom stereocenters. The maximum Gasteiger partial charge on any atom is 0.0406 e. The lowest BCUT2D eigenvalue weighted by Crippen LogP contribution is -1.89. The molecule has 1 nitrogen and oxygen atoms in total. The third-order valence-electron chi connectivity index (χ3n) is 2.34. The minimum Gasteiger partial charge on any atom is -0.261 e. The number of pyridine rings is 1. The zero-order chi connectivity index (χ0) is 10.1. The maximum absolute atomic E-state index is 4.28. The SMILES string of the molecule is CCCCCC[CH]Cc1ccccn1. The summed E-state index contributed by atoms with van der Waals surface area (Å²) in [5.74, 6) is 0. The molecule has 0 aromatic carbocycles. The first-order valence-corrected chi connectivity index (χ1v) is 5.65. The molecule has 1 radical (unpaired) electrons. The predicted octanol–water partition coefficient (Wildman–Crippen LogP) is 3.80. The van der Waals surface area contributed by atoms with E-state index in [0.29, 0.717) is 0 Å². The van der Waals surface area contributed by atoms with Gasteiger partial charge in [0.25, 0.3) is 0 Å². The van der Waals surface area contributed by atoms with Crippen LogP contribution in [-0.2, 0) is 6.42 Å². The molecule has 0 saturated carbocycles. The van der Waals surface area contributed by atoms with Gasteiger partial charge in [-0.2, -0.15) is 0 Å². The molecule has 14 heavy (non-hydrogen) atoms. The summed E-state index contributed by atoms with van der Waals surface area (Å²) in [4.78, 5) is 4.28. The van der Waals surface area contributed by atoms with Gasteiger partial charge in [-0.3, -0.25) is 4.98 Å². The molecule has 1 heterocycles. The van der Waals surface area contributed by atoms with E-state index in [2.05, 4.69) is 24.4 Å². The highest BCUT2D eigenvalue weighted by Gasteiger charge is 1.93. The van der Waals surface area contributed by atoms with E-state index in [1.807, 2.05) is 18.3 Å². The Balaban J connectivity index is 1.99. The number of rotatable bonds is 7. The van der Waals surface area contributed by atoms with Crippen LogP contribution in [0.25, 0.3) is 0 Å². The van der Waals surface area contributed by atoms with E-state index in [-0.39, 0.29) is 0 Å². The Morgan fingerprint density at radius 2 is 2.14 bits per heavy atom. The van der Waals surface area contributed by atoms with Crippen LogP contribution in [0.2, 0.25) is 0 Å². The highest BCUT2D eigenvalue weighted by atomic mass is 14.7. The van der Waals surface area contributed by atoms with Crippen molar-refractivity contribution in [3.8, 4) is 0 Å². The van der Waals surface area contributed by atoms with Gasteiger partial charge in [-0.05, 0) is 31.4 Å². The molecule has 1 rings (SSSR count). The van der Waals surface area contributed by atoms with E-state index in [0.717, 1.165) is 6.42 Å². The quantitative estimate of drug-likeness (QED) is 0.596. The number of hydrogen-bond donors (Lipinski definition) is 0. The van der Waals surface area contributed by atoms with Gasteiger partial charge >= 0.3 is 0 Å². The first-order valence-electron chi connectivity index (χ1n) is 5.65. The molecule has 0 saturated heterocycles. The Bertz CT molecular complexity index is 218. The second-order valence-electron chi connectivity index (χ2n) is 3.66. The fourth-order valence-corrected chi connectivity index (χ4v) is 1.48. The van der Waals surface area contributed by atoms with Crippen molar-refractivity contribution in [2.24, 2.45) is 0 Å². The molecule has 0 fully saturated rings. The largest absolute Gasteiger partial charge is 0.261 e. The average molecular weight is 190 g/mol. The van der Waals surface area contributed by atoms with Crippen molar-refractivity contribution in [3.05, 3.63) is 36.5 Å². The number of nitrogens with zero attached hydrogens (tertiary/aromatic N) is 1. The van der Waals surface area contributed by atoms with Gasteiger partial charge in [0.05, 0.1) is 0 Å². The normalized spacial score (nSPS) is 10.4. The van der Waals surface area contributed by atoms with Crippen molar-refractivity contribution in [2.45, 2.75) is 45.4 Å². The molecule has 0 unspecified atom stereocenters. The summed E-state index contributed by atoms with van der Waals surface area (Å²) in [6.07, 6.45) is 11.9. The Hall–Kier alpha value is -0.850. The average Bonchev–Trinajstić information content (AvgIpc) is 2.25. The highest BCUT2D eigenvalue weighted by Crippen LogP contribution is 2.07. The van der Waals surface area contributed by atoms with Gasteiger partial charge < -0.3 is 0 Å². The molecule has 0 aliphatic heterocycles. The van der Waals surface area contributed by atoms with E-state index < -0.39 is 0 Å². The molecule has 0 bridgehead atoms. The second kappa shape index (κ2) is 7.54. The van der Waals surface area contributed by atoms with Crippen LogP contribution in [0.5, 0.6) is 0 Å². The first kappa shape index (κ1) is 11.2. The molecule has 1 heteroatoms. The zero-order valence-corrected chi connectivity index (χ0v) is 9.08. The van der Waals surface area contributed by atoms with Gasteiger partial charge in [0.15, 0.2) is 0 Å². The summed E-state index contributed by atoms with van der Waals surface area (Å²) >= 11 is 0. The molecule has 0 spiro atoms. The second-order valence-corrected chi connectivity index (χ2v) is 3.66. The zero-order valence-electron chi connectivity index (χ0n) is 9.08. The van der Waals surface area contributed by atoms with Crippen LogP contribution in [-0.4, -0.2) is 4.98 Å². The highest BCUT2D eigenvalue weighted by molar-refractivity contribution is 5.05. The van der Waals surface area contributed by atoms with Crippen molar-refractivity contribution in [2.75, 3.05) is 0 Å². The van der Waals surface area contributed by atoms with Crippen molar-refractivity contribution in [1.29, 1.82) is 0 Å². The van der Waals surface area contributed by atoms with E-state index in [1.54, 1.807) is 0 Å². The molecular weight excluding hydrogens is 170 g/mol. The van der Waals surface area contributed by atoms with Crippen molar-refractivity contribution in [3.63, 3.8) is 0 Å². The van der Waals surface area contributed by atoms with Crippen LogP contribution in [0.3, 0.4) is 0 Å². The molecule has 1 aromatic rings. The number of unbranched alkanes of at least 4 members (excludes halogenated alkanes) is 5. The van der Waals surface area contributed by atoms with Crippen LogP contribution in [0, 0.1) is 6.42 Å². The third-order valence-corrected chi connectivity index (χ3v) is 2.34. The molecule has 0 aliphatic carbocycles. The van der Waals surface area contributed by atoms with Gasteiger partial charge in [0, 0.05) is 11.9 Å². The van der Waals surface area contributed by atoms with Crippen molar-refractivity contribution in [1.82, 2.24) is 4.98 Å². The van der Waals surface area contributed by atoms with Gasteiger partial charge in [-0.25, -0.2) is 0 Å². The number of aromatic nitrogens is 1. The monoisotopic (exact) mass is 190 g/mol. The molecule has 0 N–H and O–H groups in total. The Morgan fingerprint density at radius 3 is 2.86 bits per heavy atom. The standard InChI is InChI=1S/C13H20N/c1-2-3-4-5-6-7-10-13-11-8-9-12-14-13/h7-9,11-12H,2-6,10H2,1H3. The predicted molar refractivity (Wildman–Crippen MR) is 61.0 cm³/mol. The van der Waals surface area contributed by atoms with Crippen LogP contribution < -0.4 is 0 Å². The fourth-order valence-electron chi connectivity index (χ4n) is 1.48. The topological polar surface area (TPSA) is 12.9 Å². The van der Waals surface area contributed by atoms with Crippen LogP contribution >= 0.6 is 0 Å². The summed E-state index contributed by atoms with van der Waals surface area (Å²) in [7, 11) is 0. The van der Waals surface area contributed by atoms with Crippen LogP contribution in [0.15, 0.2) is 24.4 Å². The molecule has 0 amide bonds. The minimum atomic E-state index is 1.02. The van der Waals surface area contributed by atoms with E-state index >= 15 is 0 Å². The van der Waals surface area contributed by atoms with Crippen molar-refractivity contribution < 1.29 is 0 Å². The van der Waals surface area contributed by atoms with Crippen LogP contribution in [0.1, 0.15) is 44.7 Å². The maximum atomic E-state index is 4.28. The summed E-state index contributed by atoms with van der Waals surface area (Å²) in [6, 6.07) is 6.10. The van der Waals surface area contributed by atoms with Gasteiger partial charge in [0.2, 0.25) is 0 Å². The molecular formula is C13H20N. The van der Waals surface area contributed by atoms with E-state index in [9.17, 15) is 0 Å². The summed E-state index contributed by atoms with van der Waals surface area (Å²) < 4.78 is 0. The molecule has 0 aliphatic rings. The summed E-state index contributed by atoms with van der Waals surface area (Å²) in [5, 5.41) is 0. The summed E-state index contributed by atoms with van der Waals surface area (Å²) in [5.41, 5.74) is 1.18. The Morgan fingerprint density at radius 1 is 1.21 bits per heavy atom. The van der Waals surface area contributed by atoms with Gasteiger partial charge in [-0.1, -0.05) is 38.7 Å². The Labute approximate surface area is 87.6 Å². The van der Waals surface area contributed by atoms with E-state index in [4.69, 9.17) is 0 Å². The lowest BCUT2D eigenvalue weighted by Gasteiger charge is -2.00. The van der Waals surface area contributed by atoms with Gasteiger partial charge in [-0.15, -0.1) is 0 Å². The van der Waals surface area contributed by atoms with E-state index in [1.165, 1.54) is 37.8 Å². The molecule has 1 aromatic heterocycles. The Kier molecular flexibility index (Phi) is 6.05. The molecule has 77 valence electrons. The lowest BCUT2D eigenvalue weighted by molar-refractivity contribution is 0.656. The first-order chi connectivity index (χ1) is 6.93. The third kappa shape index (κ3) is 5.00. The lowest BCUT2D eigenvalue weighted by atomic mass is 10.1. The fraction of sp³-hybridized carbons (Fsp3) is 0.538. The van der Waals surface area contributed by atoms with Crippen molar-refractivity contribution >= 4 is 0 Å². The smallest absolute Gasteiger partial charge is 0.0406 e. The minimum absolute atomic E-state index is 1.02. The van der Waals surface area contributed by atoms with Crippen LogP contribution in [0.4, 0.5) is 0 Å². The number of hydrogen-bond acceptors (Lipinski definition) is 1. The summed E-state index contributed by atoms with van der Waals surface area (Å²) in [6.45, 7) is 2.25. The van der Waals surface area contributed by atoms with Gasteiger partial charge in [0.1, 0.15) is 0 Å².